The quantitative estimate of drug-likeness (QED) is 0.842. The molecular formula is C23H29N5O. The van der Waals surface area contributed by atoms with Gasteiger partial charge in [0.1, 0.15) is 12.1 Å². The minimum absolute atomic E-state index is 0.0570. The van der Waals surface area contributed by atoms with E-state index in [0.29, 0.717) is 12.3 Å². The van der Waals surface area contributed by atoms with E-state index in [1.54, 1.807) is 13.4 Å². The van der Waals surface area contributed by atoms with E-state index in [2.05, 4.69) is 45.6 Å². The van der Waals surface area contributed by atoms with Gasteiger partial charge in [0.2, 0.25) is 5.91 Å². The Hall–Kier alpha value is -2.47. The molecule has 1 saturated heterocycles. The predicted molar refractivity (Wildman–Crippen MR) is 114 cm³/mol. The zero-order chi connectivity index (χ0) is 20.0. The molecule has 0 unspecified atom stereocenters. The van der Waals surface area contributed by atoms with Crippen LogP contribution in [-0.2, 0) is 23.1 Å². The van der Waals surface area contributed by atoms with Crippen molar-refractivity contribution < 1.29 is 4.79 Å². The second kappa shape index (κ2) is 7.10. The molecule has 0 saturated carbocycles. The Morgan fingerprint density at radius 1 is 1.31 bits per heavy atom. The van der Waals surface area contributed by atoms with E-state index < -0.39 is 0 Å². The first-order valence-corrected chi connectivity index (χ1v) is 10.8. The highest BCUT2D eigenvalue weighted by molar-refractivity contribution is 5.80. The van der Waals surface area contributed by atoms with E-state index in [1.165, 1.54) is 22.5 Å². The summed E-state index contributed by atoms with van der Waals surface area (Å²) < 4.78 is 0. The summed E-state index contributed by atoms with van der Waals surface area (Å²) in [5, 5.41) is 6.26. The van der Waals surface area contributed by atoms with Crippen LogP contribution in [0.1, 0.15) is 54.5 Å². The zero-order valence-electron chi connectivity index (χ0n) is 17.3. The molecule has 6 nitrogen and oxygen atoms in total. The van der Waals surface area contributed by atoms with Crippen molar-refractivity contribution in [3.8, 4) is 0 Å². The van der Waals surface area contributed by atoms with Crippen LogP contribution in [0.2, 0.25) is 0 Å². The Morgan fingerprint density at radius 2 is 2.14 bits per heavy atom. The van der Waals surface area contributed by atoms with Gasteiger partial charge >= 0.3 is 0 Å². The molecule has 6 heteroatoms. The van der Waals surface area contributed by atoms with Crippen molar-refractivity contribution in [2.45, 2.75) is 50.4 Å². The number of aryl methyl sites for hydroxylation is 1. The molecule has 2 aromatic rings. The number of nitrogens with one attached hydrogen (secondary N) is 2. The molecule has 1 aromatic carbocycles. The van der Waals surface area contributed by atoms with Crippen molar-refractivity contribution in [3.05, 3.63) is 46.9 Å². The molecule has 3 heterocycles. The number of amides is 1. The summed E-state index contributed by atoms with van der Waals surface area (Å²) in [7, 11) is 1.70. The van der Waals surface area contributed by atoms with E-state index >= 15 is 0 Å². The molecule has 1 aromatic heterocycles. The lowest BCUT2D eigenvalue weighted by Crippen LogP contribution is -2.42. The topological polar surface area (TPSA) is 70.2 Å². The summed E-state index contributed by atoms with van der Waals surface area (Å²) in [5.41, 5.74) is 6.40. The molecule has 3 aliphatic rings. The van der Waals surface area contributed by atoms with Crippen molar-refractivity contribution >= 4 is 17.4 Å². The minimum Gasteiger partial charge on any atom is -0.359 e. The fourth-order valence-electron chi connectivity index (χ4n) is 5.46. The lowest BCUT2D eigenvalue weighted by Gasteiger charge is -2.35. The van der Waals surface area contributed by atoms with Crippen molar-refractivity contribution in [1.82, 2.24) is 20.6 Å². The van der Waals surface area contributed by atoms with Crippen LogP contribution in [0.25, 0.3) is 0 Å². The Morgan fingerprint density at radius 3 is 2.93 bits per heavy atom. The van der Waals surface area contributed by atoms with E-state index in [1.807, 2.05) is 0 Å². The number of anilines is 2. The second-order valence-corrected chi connectivity index (χ2v) is 8.82. The first kappa shape index (κ1) is 18.6. The smallest absolute Gasteiger partial charge is 0.224 e. The Balaban J connectivity index is 1.61. The number of carbonyl (C=O) groups excluding carboxylic acids is 1. The fraction of sp³-hybridized carbons (Fsp3) is 0.522. The molecule has 1 aliphatic carbocycles. The molecular weight excluding hydrogens is 362 g/mol. The first-order chi connectivity index (χ1) is 14.1. The van der Waals surface area contributed by atoms with Gasteiger partial charge in [0.25, 0.3) is 0 Å². The number of benzene rings is 1. The number of hydrogen-bond donors (Lipinski definition) is 2. The minimum atomic E-state index is 0.0570. The number of piperidine rings is 1. The van der Waals surface area contributed by atoms with Gasteiger partial charge in [0.05, 0.1) is 6.42 Å². The van der Waals surface area contributed by atoms with Gasteiger partial charge in [-0.15, -0.1) is 0 Å². The average molecular weight is 392 g/mol. The zero-order valence-corrected chi connectivity index (χ0v) is 17.3. The van der Waals surface area contributed by atoms with Crippen LogP contribution >= 0.6 is 0 Å². The SMILES string of the molecule is CNC(=O)Cc1ccc2c(c1)C1(CCNCC1)CN2c1ncnc2c1[C@H](C)CC2. The molecule has 0 radical (unpaired) electrons. The van der Waals surface area contributed by atoms with Crippen LogP contribution in [0.5, 0.6) is 0 Å². The predicted octanol–water partition coefficient (Wildman–Crippen LogP) is 2.59. The van der Waals surface area contributed by atoms with Gasteiger partial charge in [0, 0.05) is 36.0 Å². The Labute approximate surface area is 172 Å². The maximum atomic E-state index is 12.0. The normalized spacial score (nSPS) is 21.9. The van der Waals surface area contributed by atoms with Crippen LogP contribution in [0.15, 0.2) is 24.5 Å². The number of nitrogens with zero attached hydrogens (tertiary/aromatic N) is 3. The molecule has 2 N–H and O–H groups in total. The van der Waals surface area contributed by atoms with Crippen molar-refractivity contribution in [2.24, 2.45) is 0 Å². The Kier molecular flexibility index (Phi) is 4.54. The highest BCUT2D eigenvalue weighted by Crippen LogP contribution is 2.51. The van der Waals surface area contributed by atoms with Gasteiger partial charge in [-0.2, -0.15) is 0 Å². The number of hydrogen-bond acceptors (Lipinski definition) is 5. The van der Waals surface area contributed by atoms with E-state index in [0.717, 1.165) is 56.7 Å². The van der Waals surface area contributed by atoms with Crippen LogP contribution < -0.4 is 15.5 Å². The summed E-state index contributed by atoms with van der Waals surface area (Å²) in [5.74, 6) is 1.65. The van der Waals surface area contributed by atoms with Crippen molar-refractivity contribution in [3.63, 3.8) is 0 Å². The largest absolute Gasteiger partial charge is 0.359 e. The molecule has 152 valence electrons. The molecule has 1 amide bonds. The number of rotatable bonds is 3. The maximum absolute atomic E-state index is 12.0. The van der Waals surface area contributed by atoms with Gasteiger partial charge in [-0.3, -0.25) is 4.79 Å². The summed E-state index contributed by atoms with van der Waals surface area (Å²) >= 11 is 0. The van der Waals surface area contributed by atoms with Crippen molar-refractivity contribution in [2.75, 3.05) is 31.6 Å². The summed E-state index contributed by atoms with van der Waals surface area (Å²) in [6.45, 7) is 5.32. The fourth-order valence-corrected chi connectivity index (χ4v) is 5.46. The third-order valence-corrected chi connectivity index (χ3v) is 7.10. The molecule has 2 aliphatic heterocycles. The monoisotopic (exact) mass is 391 g/mol. The third kappa shape index (κ3) is 3.01. The molecule has 29 heavy (non-hydrogen) atoms. The average Bonchev–Trinajstić information content (AvgIpc) is 3.27. The van der Waals surface area contributed by atoms with E-state index in [-0.39, 0.29) is 11.3 Å². The van der Waals surface area contributed by atoms with Gasteiger partial charge in [-0.05, 0) is 61.9 Å². The number of carbonyl (C=O) groups is 1. The molecule has 0 bridgehead atoms. The van der Waals surface area contributed by atoms with Crippen LogP contribution in [0.4, 0.5) is 11.5 Å². The van der Waals surface area contributed by atoms with Gasteiger partial charge in [0.15, 0.2) is 0 Å². The third-order valence-electron chi connectivity index (χ3n) is 7.10. The molecule has 1 spiro atoms. The van der Waals surface area contributed by atoms with Crippen LogP contribution in [0.3, 0.4) is 0 Å². The lowest BCUT2D eigenvalue weighted by atomic mass is 9.74. The van der Waals surface area contributed by atoms with Gasteiger partial charge in [-0.25, -0.2) is 9.97 Å². The number of likely N-dealkylation sites (N-methyl/N-ethyl adjacent to an activating group) is 1. The molecule has 1 atom stereocenters. The summed E-state index contributed by atoms with van der Waals surface area (Å²) in [4.78, 5) is 23.7. The summed E-state index contributed by atoms with van der Waals surface area (Å²) in [6, 6.07) is 6.59. The van der Waals surface area contributed by atoms with Crippen LogP contribution in [-0.4, -0.2) is 42.6 Å². The Bertz CT molecular complexity index is 950. The standard InChI is InChI=1S/C23H29N5O/c1-15-3-5-18-21(15)22(27-14-26-18)28-13-23(7-9-25-10-8-23)17-11-16(4-6-19(17)28)12-20(29)24-2/h4,6,11,14-15,25H,3,5,7-10,12-13H2,1-2H3,(H,24,29)/t15-/m1/s1. The number of aromatic nitrogens is 2. The van der Waals surface area contributed by atoms with E-state index in [4.69, 9.17) is 4.98 Å². The second-order valence-electron chi connectivity index (χ2n) is 8.82. The van der Waals surface area contributed by atoms with Crippen molar-refractivity contribution in [1.29, 1.82) is 0 Å². The highest BCUT2D eigenvalue weighted by atomic mass is 16.1. The highest BCUT2D eigenvalue weighted by Gasteiger charge is 2.45. The number of fused-ring (bicyclic) bond motifs is 3. The van der Waals surface area contributed by atoms with Gasteiger partial charge in [-0.1, -0.05) is 19.1 Å². The van der Waals surface area contributed by atoms with Crippen LogP contribution in [0, 0.1) is 0 Å². The summed E-state index contributed by atoms with van der Waals surface area (Å²) in [6.07, 6.45) is 6.59. The van der Waals surface area contributed by atoms with E-state index in [9.17, 15) is 4.79 Å². The van der Waals surface area contributed by atoms with Gasteiger partial charge < -0.3 is 15.5 Å². The lowest BCUT2D eigenvalue weighted by molar-refractivity contribution is -0.119. The first-order valence-electron chi connectivity index (χ1n) is 10.8. The maximum Gasteiger partial charge on any atom is 0.224 e. The molecule has 5 rings (SSSR count). The molecule has 1 fully saturated rings.